The number of fused-ring (bicyclic) bond motifs is 2. The predicted octanol–water partition coefficient (Wildman–Crippen LogP) is 17.0. The van der Waals surface area contributed by atoms with Crippen molar-refractivity contribution in [1.29, 1.82) is 5.26 Å². The average Bonchev–Trinajstić information content (AvgIpc) is 2.46. The van der Waals surface area contributed by atoms with Crippen LogP contribution in [0.15, 0.2) is 273 Å². The van der Waals surface area contributed by atoms with Crippen molar-refractivity contribution in [2.75, 3.05) is 9.80 Å². The molecule has 10 aromatic carbocycles. The minimum absolute atomic E-state index is 0.424. The van der Waals surface area contributed by atoms with E-state index in [1.54, 1.807) is 0 Å². The highest BCUT2D eigenvalue weighted by atomic mass is 15.3. The van der Waals surface area contributed by atoms with Crippen LogP contribution in [-0.4, -0.2) is 39.9 Å². The second kappa shape index (κ2) is 21.3. The highest BCUT2D eigenvalue weighted by Gasteiger charge is 2.35. The molecule has 0 bridgehead atoms. The number of aromatic nitrogens is 8. The molecule has 0 aliphatic carbocycles. The van der Waals surface area contributed by atoms with E-state index in [-0.39, 0.29) is 0 Å². The largest absolute Gasteiger partial charge is 0.306 e. The predicted molar refractivity (Wildman–Crippen MR) is 325 cm³/mol. The topological polar surface area (TPSA) is 133 Å². The monoisotopic (exact) mass is 1050 g/mol. The SMILES string of the molecule is N#Cc1ccc(-c2cc(N3c4ccccc4N(c4nc(-c5ccccc5)nc(-c5ccccc5)n4)c4ccccc43)c(-c3nc(-c4ccccc4)nc(-c4ccccc4)n3)cc2-c2nc(-c3ccccc3)cc(-c3ccccc3)n2)cc1. The molecular weight excluding hydrogens is 1010 g/mol. The van der Waals surface area contributed by atoms with Gasteiger partial charge in [0.1, 0.15) is 0 Å². The van der Waals surface area contributed by atoms with E-state index in [0.717, 1.165) is 84.3 Å². The van der Waals surface area contributed by atoms with Crippen LogP contribution in [0, 0.1) is 11.3 Å². The molecule has 0 saturated heterocycles. The lowest BCUT2D eigenvalue weighted by molar-refractivity contribution is 1.01. The Morgan fingerprint density at radius 3 is 0.988 bits per heavy atom. The van der Waals surface area contributed by atoms with Gasteiger partial charge in [-0.2, -0.15) is 15.2 Å². The first-order chi connectivity index (χ1) is 40.6. The van der Waals surface area contributed by atoms with Crippen LogP contribution in [0.5, 0.6) is 0 Å². The van der Waals surface area contributed by atoms with E-state index >= 15 is 0 Å². The van der Waals surface area contributed by atoms with Gasteiger partial charge in [0.2, 0.25) is 5.95 Å². The Morgan fingerprint density at radius 2 is 0.585 bits per heavy atom. The molecule has 3 aromatic heterocycles. The van der Waals surface area contributed by atoms with Gasteiger partial charge >= 0.3 is 0 Å². The Bertz CT molecular complexity index is 4280. The van der Waals surface area contributed by atoms with E-state index < -0.39 is 0 Å². The highest BCUT2D eigenvalue weighted by Crippen LogP contribution is 2.56. The molecule has 11 nitrogen and oxygen atoms in total. The lowest BCUT2D eigenvalue weighted by atomic mass is 9.92. The quantitative estimate of drug-likeness (QED) is 0.123. The Balaban J connectivity index is 1.07. The van der Waals surface area contributed by atoms with Gasteiger partial charge in [-0.1, -0.05) is 218 Å². The van der Waals surface area contributed by atoms with Gasteiger partial charge in [0.25, 0.3) is 0 Å². The van der Waals surface area contributed by atoms with Crippen molar-refractivity contribution in [3.8, 4) is 108 Å². The van der Waals surface area contributed by atoms with Crippen LogP contribution < -0.4 is 9.80 Å². The summed E-state index contributed by atoms with van der Waals surface area (Å²) in [6.07, 6.45) is 0. The second-order valence-corrected chi connectivity index (χ2v) is 19.5. The summed E-state index contributed by atoms with van der Waals surface area (Å²) in [4.78, 5) is 46.9. The van der Waals surface area contributed by atoms with E-state index in [1.165, 1.54) is 0 Å². The standard InChI is InChI=1S/C71H45N11/c72-46-47-39-41-48(42-40-47)55-44-64(81-60-35-19-21-37-62(60)82(63-38-22-20-36-61(63)81)71-79-67(53-31-15-5-16-32-53)76-68(80-71)54-33-17-6-18-34-54)57(70-77-65(51-27-11-3-12-28-51)75-66(78-70)52-29-13-4-14-30-52)43-56(55)69-73-58(49-23-7-1-8-24-49)45-59(74-69)50-25-9-2-10-26-50/h1-45H. The number of rotatable bonds is 11. The first-order valence-corrected chi connectivity index (χ1v) is 26.8. The summed E-state index contributed by atoms with van der Waals surface area (Å²) in [7, 11) is 0. The van der Waals surface area contributed by atoms with E-state index in [1.807, 2.05) is 212 Å². The minimum Gasteiger partial charge on any atom is -0.306 e. The van der Waals surface area contributed by atoms with Gasteiger partial charge < -0.3 is 4.90 Å². The first-order valence-electron chi connectivity index (χ1n) is 26.8. The third-order valence-corrected chi connectivity index (χ3v) is 14.4. The van der Waals surface area contributed by atoms with Crippen molar-refractivity contribution in [2.24, 2.45) is 0 Å². The zero-order chi connectivity index (χ0) is 54.8. The Labute approximate surface area is 473 Å². The number of hydrogen-bond donors (Lipinski definition) is 0. The summed E-state index contributed by atoms with van der Waals surface area (Å²) in [5.74, 6) is 3.45. The molecule has 0 fully saturated rings. The molecule has 0 atom stereocenters. The smallest absolute Gasteiger partial charge is 0.238 e. The van der Waals surface area contributed by atoms with E-state index in [9.17, 15) is 5.26 Å². The van der Waals surface area contributed by atoms with Gasteiger partial charge in [0.15, 0.2) is 34.9 Å². The van der Waals surface area contributed by atoms with Crippen molar-refractivity contribution in [3.63, 3.8) is 0 Å². The Morgan fingerprint density at radius 1 is 0.244 bits per heavy atom. The highest BCUT2D eigenvalue weighted by molar-refractivity contribution is 6.05. The molecule has 0 spiro atoms. The Kier molecular flexibility index (Phi) is 12.7. The van der Waals surface area contributed by atoms with Crippen molar-refractivity contribution in [1.82, 2.24) is 39.9 Å². The van der Waals surface area contributed by atoms with Crippen molar-refractivity contribution in [2.45, 2.75) is 0 Å². The zero-order valence-electron chi connectivity index (χ0n) is 43.9. The Hall–Kier alpha value is -11.6. The molecule has 4 heterocycles. The van der Waals surface area contributed by atoms with Crippen LogP contribution >= 0.6 is 0 Å². The zero-order valence-corrected chi connectivity index (χ0v) is 43.9. The number of hydrogen-bond acceptors (Lipinski definition) is 11. The maximum absolute atomic E-state index is 10.1. The molecule has 14 rings (SSSR count). The van der Waals surface area contributed by atoms with Gasteiger partial charge in [-0.15, -0.1) is 0 Å². The molecule has 0 radical (unpaired) electrons. The van der Waals surface area contributed by atoms with Crippen LogP contribution in [0.2, 0.25) is 0 Å². The maximum Gasteiger partial charge on any atom is 0.238 e. The number of anilines is 6. The van der Waals surface area contributed by atoms with E-state index in [4.69, 9.17) is 39.9 Å². The fourth-order valence-electron chi connectivity index (χ4n) is 10.4. The maximum atomic E-state index is 10.1. The molecule has 384 valence electrons. The van der Waals surface area contributed by atoms with Crippen LogP contribution in [0.4, 0.5) is 34.4 Å². The molecule has 1 aliphatic heterocycles. The van der Waals surface area contributed by atoms with Gasteiger partial charge in [-0.3, -0.25) is 4.90 Å². The summed E-state index contributed by atoms with van der Waals surface area (Å²) >= 11 is 0. The van der Waals surface area contributed by atoms with Crippen LogP contribution in [0.1, 0.15) is 5.56 Å². The molecule has 0 saturated carbocycles. The third kappa shape index (κ3) is 9.34. The fourth-order valence-corrected chi connectivity index (χ4v) is 10.4. The van der Waals surface area contributed by atoms with Crippen molar-refractivity contribution < 1.29 is 0 Å². The van der Waals surface area contributed by atoms with E-state index in [2.05, 4.69) is 76.5 Å². The molecule has 11 heteroatoms. The molecular formula is C71H45N11. The molecule has 1 aliphatic rings. The number of benzene rings is 10. The van der Waals surface area contributed by atoms with E-state index in [0.29, 0.717) is 57.6 Å². The van der Waals surface area contributed by atoms with Crippen LogP contribution in [0.3, 0.4) is 0 Å². The van der Waals surface area contributed by atoms with Crippen molar-refractivity contribution >= 4 is 34.4 Å². The molecule has 0 N–H and O–H groups in total. The third-order valence-electron chi connectivity index (χ3n) is 14.4. The summed E-state index contributed by atoms with van der Waals surface area (Å²) in [6, 6.07) is 93.3. The van der Waals surface area contributed by atoms with Gasteiger partial charge in [0, 0.05) is 44.5 Å². The van der Waals surface area contributed by atoms with Crippen molar-refractivity contribution in [3.05, 3.63) is 279 Å². The first kappa shape index (κ1) is 48.7. The number of nitrogens with zero attached hydrogens (tertiary/aromatic N) is 11. The van der Waals surface area contributed by atoms with Crippen LogP contribution in [-0.2, 0) is 0 Å². The average molecular weight is 1050 g/mol. The molecule has 0 amide bonds. The molecule has 13 aromatic rings. The lowest BCUT2D eigenvalue weighted by Gasteiger charge is -2.40. The minimum atomic E-state index is 0.424. The summed E-state index contributed by atoms with van der Waals surface area (Å²) in [5, 5.41) is 10.1. The van der Waals surface area contributed by atoms with Crippen LogP contribution in [0.25, 0.3) is 102 Å². The fraction of sp³-hybridized carbons (Fsp3) is 0. The second-order valence-electron chi connectivity index (χ2n) is 19.5. The van der Waals surface area contributed by atoms with Gasteiger partial charge in [0.05, 0.1) is 51.5 Å². The number of para-hydroxylation sites is 4. The number of nitriles is 1. The van der Waals surface area contributed by atoms with Gasteiger partial charge in [-0.05, 0) is 65.7 Å². The summed E-state index contributed by atoms with van der Waals surface area (Å²) < 4.78 is 0. The summed E-state index contributed by atoms with van der Waals surface area (Å²) in [6.45, 7) is 0. The molecule has 82 heavy (non-hydrogen) atoms. The summed E-state index contributed by atoms with van der Waals surface area (Å²) in [5.41, 5.74) is 14.4. The molecule has 0 unspecified atom stereocenters. The van der Waals surface area contributed by atoms with Gasteiger partial charge in [-0.25, -0.2) is 29.9 Å². The normalized spacial score (nSPS) is 11.6. The lowest BCUT2D eigenvalue weighted by Crippen LogP contribution is -2.26.